The summed E-state index contributed by atoms with van der Waals surface area (Å²) in [6.45, 7) is 1.53. The normalized spacial score (nSPS) is 18.3. The van der Waals surface area contributed by atoms with Crippen LogP contribution in [0.5, 0.6) is 0 Å². The van der Waals surface area contributed by atoms with Crippen LogP contribution in [0.25, 0.3) is 15.9 Å². The summed E-state index contributed by atoms with van der Waals surface area (Å²) in [5.41, 5.74) is 0.533. The van der Waals surface area contributed by atoms with E-state index in [1.165, 1.54) is 15.9 Å². The third kappa shape index (κ3) is 2.51. The maximum absolute atomic E-state index is 12.5. The van der Waals surface area contributed by atoms with E-state index < -0.39 is 0 Å². The lowest BCUT2D eigenvalue weighted by molar-refractivity contribution is 0.120. The topological polar surface area (TPSA) is 68.5 Å². The van der Waals surface area contributed by atoms with Gasteiger partial charge in [-0.25, -0.2) is 4.98 Å². The quantitative estimate of drug-likeness (QED) is 0.756. The summed E-state index contributed by atoms with van der Waals surface area (Å²) in [7, 11) is 0. The first kappa shape index (κ1) is 14.1. The minimum Gasteiger partial charge on any atom is -0.376 e. The molecule has 1 aliphatic heterocycles. The molecule has 0 saturated carbocycles. The Kier molecular flexibility index (Phi) is 3.59. The van der Waals surface area contributed by atoms with Gasteiger partial charge in [0.15, 0.2) is 0 Å². The van der Waals surface area contributed by atoms with Crippen LogP contribution < -0.4 is 10.9 Å². The Bertz CT molecular complexity index is 901. The molecule has 0 radical (unpaired) electrons. The van der Waals surface area contributed by atoms with Gasteiger partial charge in [-0.15, -0.1) is 5.10 Å². The van der Waals surface area contributed by atoms with Gasteiger partial charge in [-0.2, -0.15) is 4.52 Å². The average molecular weight is 381 g/mol. The molecule has 1 atom stereocenters. The number of ether oxygens (including phenoxy) is 1. The smallest absolute Gasteiger partial charge is 0.283 e. The van der Waals surface area contributed by atoms with Crippen molar-refractivity contribution in [2.24, 2.45) is 0 Å². The highest BCUT2D eigenvalue weighted by Gasteiger charge is 2.16. The number of nitrogens with zero attached hydrogens (tertiary/aromatic N) is 3. The van der Waals surface area contributed by atoms with Crippen LogP contribution in [0.1, 0.15) is 12.8 Å². The van der Waals surface area contributed by atoms with Crippen LogP contribution in [0.4, 0.5) is 5.13 Å². The highest BCUT2D eigenvalue weighted by atomic mass is 79.9. The number of anilines is 1. The average Bonchev–Trinajstić information content (AvgIpc) is 3.15. The molecule has 1 aliphatic rings. The minimum atomic E-state index is -0.150. The molecule has 1 N–H and O–H groups in total. The fourth-order valence-corrected chi connectivity index (χ4v) is 3.72. The zero-order chi connectivity index (χ0) is 15.1. The van der Waals surface area contributed by atoms with Gasteiger partial charge >= 0.3 is 0 Å². The van der Waals surface area contributed by atoms with E-state index >= 15 is 0 Å². The van der Waals surface area contributed by atoms with Gasteiger partial charge in [0.05, 0.1) is 17.0 Å². The number of aromatic nitrogens is 3. The van der Waals surface area contributed by atoms with Crippen molar-refractivity contribution >= 4 is 48.3 Å². The van der Waals surface area contributed by atoms with Gasteiger partial charge in [0.1, 0.15) is 0 Å². The van der Waals surface area contributed by atoms with Crippen LogP contribution >= 0.6 is 27.3 Å². The lowest BCUT2D eigenvalue weighted by atomic mass is 10.2. The van der Waals surface area contributed by atoms with Gasteiger partial charge in [0, 0.05) is 17.6 Å². The fraction of sp³-hybridized carbons (Fsp3) is 0.357. The monoisotopic (exact) mass is 380 g/mol. The first-order chi connectivity index (χ1) is 10.7. The molecule has 0 bridgehead atoms. The third-order valence-electron chi connectivity index (χ3n) is 3.66. The molecule has 114 valence electrons. The highest BCUT2D eigenvalue weighted by Crippen LogP contribution is 2.21. The number of hydrogen-bond donors (Lipinski definition) is 1. The van der Waals surface area contributed by atoms with Crippen LogP contribution in [-0.4, -0.2) is 33.9 Å². The Morgan fingerprint density at radius 1 is 1.50 bits per heavy atom. The Hall–Kier alpha value is -1.51. The van der Waals surface area contributed by atoms with Crippen molar-refractivity contribution in [1.29, 1.82) is 0 Å². The number of rotatable bonds is 3. The lowest BCUT2D eigenvalue weighted by Gasteiger charge is -2.08. The van der Waals surface area contributed by atoms with Gasteiger partial charge < -0.3 is 10.1 Å². The highest BCUT2D eigenvalue weighted by molar-refractivity contribution is 9.10. The van der Waals surface area contributed by atoms with Crippen molar-refractivity contribution in [3.05, 3.63) is 33.0 Å². The summed E-state index contributed by atoms with van der Waals surface area (Å²) in [5.74, 6) is 0. The summed E-state index contributed by atoms with van der Waals surface area (Å²) in [5, 5.41) is 8.82. The summed E-state index contributed by atoms with van der Waals surface area (Å²) in [6.07, 6.45) is 2.40. The lowest BCUT2D eigenvalue weighted by Crippen LogP contribution is -2.19. The summed E-state index contributed by atoms with van der Waals surface area (Å²) in [4.78, 5) is 17.6. The molecule has 2 aromatic heterocycles. The molecule has 3 aromatic rings. The molecule has 4 rings (SSSR count). The second-order valence-corrected chi connectivity index (χ2v) is 7.07. The van der Waals surface area contributed by atoms with E-state index in [-0.39, 0.29) is 11.7 Å². The van der Waals surface area contributed by atoms with E-state index in [9.17, 15) is 4.79 Å². The number of benzene rings is 1. The molecule has 1 saturated heterocycles. The number of fused-ring (bicyclic) bond motifs is 2. The van der Waals surface area contributed by atoms with Crippen molar-refractivity contribution in [1.82, 2.24) is 14.6 Å². The Morgan fingerprint density at radius 3 is 3.23 bits per heavy atom. The van der Waals surface area contributed by atoms with E-state index in [0.29, 0.717) is 27.5 Å². The standard InChI is InChI=1S/C14H13BrN4O2S/c15-8-3-4-11-10(6-8)12(20)19-14(17-11)22-13(18-19)16-7-9-2-1-5-21-9/h3-4,6,9H,1-2,5,7H2,(H,16,18). The first-order valence-corrected chi connectivity index (χ1v) is 8.66. The van der Waals surface area contributed by atoms with Gasteiger partial charge in [-0.1, -0.05) is 27.3 Å². The zero-order valence-electron chi connectivity index (χ0n) is 11.6. The van der Waals surface area contributed by atoms with Crippen LogP contribution in [0.15, 0.2) is 27.5 Å². The third-order valence-corrected chi connectivity index (χ3v) is 5.02. The number of hydrogen-bond acceptors (Lipinski definition) is 6. The molecule has 8 heteroatoms. The summed E-state index contributed by atoms with van der Waals surface area (Å²) < 4.78 is 7.78. The van der Waals surface area contributed by atoms with E-state index in [2.05, 4.69) is 31.3 Å². The Labute approximate surface area is 138 Å². The molecule has 0 aliphatic carbocycles. The predicted octanol–water partition coefficient (Wildman–Crippen LogP) is 2.66. The van der Waals surface area contributed by atoms with Gasteiger partial charge in [-0.05, 0) is 31.0 Å². The zero-order valence-corrected chi connectivity index (χ0v) is 14.0. The number of halogens is 1. The molecule has 0 amide bonds. The van der Waals surface area contributed by atoms with Crippen LogP contribution in [-0.2, 0) is 4.74 Å². The van der Waals surface area contributed by atoms with Crippen molar-refractivity contribution in [2.45, 2.75) is 18.9 Å². The van der Waals surface area contributed by atoms with Gasteiger partial charge in [-0.3, -0.25) is 4.79 Å². The second-order valence-electron chi connectivity index (χ2n) is 5.20. The Balaban J connectivity index is 1.71. The maximum Gasteiger partial charge on any atom is 0.283 e. The van der Waals surface area contributed by atoms with E-state index in [4.69, 9.17) is 4.74 Å². The van der Waals surface area contributed by atoms with Crippen molar-refractivity contribution < 1.29 is 4.74 Å². The SMILES string of the molecule is O=c1c2cc(Br)ccc2nc2sc(NCC3CCCO3)nn12. The van der Waals surface area contributed by atoms with Gasteiger partial charge in [0.25, 0.3) is 5.56 Å². The molecule has 1 aromatic carbocycles. The molecule has 1 unspecified atom stereocenters. The fourth-order valence-electron chi connectivity index (χ4n) is 2.56. The van der Waals surface area contributed by atoms with Crippen molar-refractivity contribution in [2.75, 3.05) is 18.5 Å². The largest absolute Gasteiger partial charge is 0.376 e. The van der Waals surface area contributed by atoms with E-state index in [1.54, 1.807) is 6.07 Å². The van der Waals surface area contributed by atoms with E-state index in [0.717, 1.165) is 23.9 Å². The second kappa shape index (κ2) is 5.60. The summed E-state index contributed by atoms with van der Waals surface area (Å²) in [6, 6.07) is 5.48. The molecule has 1 fully saturated rings. The number of nitrogens with one attached hydrogen (secondary N) is 1. The van der Waals surface area contributed by atoms with Crippen LogP contribution in [0.3, 0.4) is 0 Å². The molecular weight excluding hydrogens is 368 g/mol. The summed E-state index contributed by atoms with van der Waals surface area (Å²) >= 11 is 4.75. The molecule has 6 nitrogen and oxygen atoms in total. The Morgan fingerprint density at radius 2 is 2.41 bits per heavy atom. The van der Waals surface area contributed by atoms with Gasteiger partial charge in [0.2, 0.25) is 10.1 Å². The van der Waals surface area contributed by atoms with Crippen molar-refractivity contribution in [3.63, 3.8) is 0 Å². The maximum atomic E-state index is 12.5. The molecule has 22 heavy (non-hydrogen) atoms. The van der Waals surface area contributed by atoms with Crippen molar-refractivity contribution in [3.8, 4) is 0 Å². The minimum absolute atomic E-state index is 0.150. The predicted molar refractivity (Wildman–Crippen MR) is 89.8 cm³/mol. The van der Waals surface area contributed by atoms with Crippen LogP contribution in [0.2, 0.25) is 0 Å². The van der Waals surface area contributed by atoms with E-state index in [1.807, 2.05) is 12.1 Å². The first-order valence-electron chi connectivity index (χ1n) is 7.05. The molecule has 0 spiro atoms. The van der Waals surface area contributed by atoms with Crippen LogP contribution in [0, 0.1) is 0 Å². The molecule has 3 heterocycles. The molecular formula is C14H13BrN4O2S.